The van der Waals surface area contributed by atoms with Crippen molar-refractivity contribution < 1.29 is 0 Å². The number of hydrogen-bond acceptors (Lipinski definition) is 2. The van der Waals surface area contributed by atoms with E-state index in [4.69, 9.17) is 11.6 Å². The Balaban J connectivity index is 1.81. The van der Waals surface area contributed by atoms with Crippen LogP contribution >= 0.6 is 11.6 Å². The molecule has 114 valence electrons. The minimum atomic E-state index is 0.517. The first kappa shape index (κ1) is 16.3. The average Bonchev–Trinajstić information content (AvgIpc) is 2.88. The lowest BCUT2D eigenvalue weighted by atomic mass is 10.2. The molecule has 2 rings (SSSR count). The number of benzene rings is 1. The molecule has 0 N–H and O–H groups in total. The van der Waals surface area contributed by atoms with E-state index in [1.165, 1.54) is 30.5 Å². The van der Waals surface area contributed by atoms with Crippen LogP contribution in [0, 0.1) is 0 Å². The highest BCUT2D eigenvalue weighted by atomic mass is 35.5. The summed E-state index contributed by atoms with van der Waals surface area (Å²) in [5.41, 5.74) is 2.62. The van der Waals surface area contributed by atoms with Gasteiger partial charge in [-0.2, -0.15) is 0 Å². The Kier molecular flexibility index (Phi) is 6.47. The molecule has 1 aliphatic heterocycles. The van der Waals surface area contributed by atoms with Crippen molar-refractivity contribution in [2.45, 2.75) is 45.7 Å². The Bertz CT molecular complexity index is 486. The summed E-state index contributed by atoms with van der Waals surface area (Å²) in [6.07, 6.45) is 8.12. The Morgan fingerprint density at radius 1 is 1.33 bits per heavy atom. The highest BCUT2D eigenvalue weighted by molar-refractivity contribution is 6.30. The number of rotatable bonds is 6. The van der Waals surface area contributed by atoms with Crippen LogP contribution in [0.25, 0.3) is 0 Å². The van der Waals surface area contributed by atoms with E-state index in [2.05, 4.69) is 36.0 Å². The van der Waals surface area contributed by atoms with E-state index in [0.717, 1.165) is 24.5 Å². The molecule has 1 unspecified atom stereocenters. The lowest BCUT2D eigenvalue weighted by molar-refractivity contribution is 0.311. The van der Waals surface area contributed by atoms with Gasteiger partial charge in [0.25, 0.3) is 0 Å². The molecule has 1 aromatic carbocycles. The minimum Gasteiger partial charge on any atom is -0.295 e. The number of nitrogens with zero attached hydrogens (tertiary/aromatic N) is 2. The Hall–Kier alpha value is -1.12. The van der Waals surface area contributed by atoms with Crippen LogP contribution in [-0.4, -0.2) is 30.2 Å². The summed E-state index contributed by atoms with van der Waals surface area (Å²) in [5.74, 6) is 0. The van der Waals surface area contributed by atoms with Gasteiger partial charge in [-0.25, -0.2) is 0 Å². The number of hydrogen-bond donors (Lipinski definition) is 0. The number of allylic oxidation sites excluding steroid dienone is 1. The molecule has 0 aliphatic carbocycles. The first-order chi connectivity index (χ1) is 10.1. The Morgan fingerprint density at radius 3 is 2.81 bits per heavy atom. The van der Waals surface area contributed by atoms with Gasteiger partial charge in [-0.1, -0.05) is 35.4 Å². The van der Waals surface area contributed by atoms with E-state index in [0.29, 0.717) is 6.04 Å². The van der Waals surface area contributed by atoms with Gasteiger partial charge in [0, 0.05) is 23.8 Å². The third-order valence-electron chi connectivity index (χ3n) is 3.85. The standard InChI is InChI=1S/C18H25ClN2/c1-15(2)5-3-11-21-12-4-6-18(21)14-20-13-16-7-9-17(19)10-8-16/h5,7-10,14,18H,3-4,6,11-13H2,1-2H3. The van der Waals surface area contributed by atoms with E-state index >= 15 is 0 Å². The first-order valence-electron chi connectivity index (χ1n) is 7.77. The fourth-order valence-corrected chi connectivity index (χ4v) is 2.81. The molecule has 0 saturated carbocycles. The quantitative estimate of drug-likeness (QED) is 0.548. The summed E-state index contributed by atoms with van der Waals surface area (Å²) in [6, 6.07) is 8.45. The summed E-state index contributed by atoms with van der Waals surface area (Å²) >= 11 is 5.89. The van der Waals surface area contributed by atoms with Gasteiger partial charge in [0.15, 0.2) is 0 Å². The zero-order chi connectivity index (χ0) is 15.1. The van der Waals surface area contributed by atoms with Crippen LogP contribution < -0.4 is 0 Å². The van der Waals surface area contributed by atoms with Crippen LogP contribution in [-0.2, 0) is 6.54 Å². The zero-order valence-corrected chi connectivity index (χ0v) is 13.8. The molecule has 0 aromatic heterocycles. The van der Waals surface area contributed by atoms with Crippen molar-refractivity contribution in [1.29, 1.82) is 0 Å². The van der Waals surface area contributed by atoms with Crippen molar-refractivity contribution in [1.82, 2.24) is 4.90 Å². The Morgan fingerprint density at radius 2 is 2.10 bits per heavy atom. The third kappa shape index (κ3) is 5.64. The molecule has 1 atom stereocenters. The van der Waals surface area contributed by atoms with E-state index in [9.17, 15) is 0 Å². The predicted octanol–water partition coefficient (Wildman–Crippen LogP) is 4.73. The monoisotopic (exact) mass is 304 g/mol. The molecule has 1 heterocycles. The van der Waals surface area contributed by atoms with Crippen LogP contribution in [0.3, 0.4) is 0 Å². The maximum atomic E-state index is 5.89. The van der Waals surface area contributed by atoms with Crippen molar-refractivity contribution in [2.24, 2.45) is 4.99 Å². The second-order valence-electron chi connectivity index (χ2n) is 5.93. The maximum Gasteiger partial charge on any atom is 0.0636 e. The SMILES string of the molecule is CC(C)=CCCN1CCCC1C=NCc1ccc(Cl)cc1. The maximum absolute atomic E-state index is 5.89. The van der Waals surface area contributed by atoms with E-state index in [1.54, 1.807) is 0 Å². The van der Waals surface area contributed by atoms with Gasteiger partial charge in [0.1, 0.15) is 0 Å². The van der Waals surface area contributed by atoms with Crippen LogP contribution in [0.4, 0.5) is 0 Å². The van der Waals surface area contributed by atoms with Gasteiger partial charge in [0.05, 0.1) is 6.54 Å². The summed E-state index contributed by atoms with van der Waals surface area (Å²) in [7, 11) is 0. The van der Waals surface area contributed by atoms with Crippen LogP contribution in [0.5, 0.6) is 0 Å². The molecule has 1 aliphatic rings. The molecular weight excluding hydrogens is 280 g/mol. The van der Waals surface area contributed by atoms with Gasteiger partial charge in [-0.15, -0.1) is 0 Å². The first-order valence-corrected chi connectivity index (χ1v) is 8.15. The third-order valence-corrected chi connectivity index (χ3v) is 4.10. The molecule has 0 spiro atoms. The molecule has 3 heteroatoms. The normalized spacial score (nSPS) is 19.3. The minimum absolute atomic E-state index is 0.517. The lowest BCUT2D eigenvalue weighted by Crippen LogP contribution is -2.31. The van der Waals surface area contributed by atoms with Crippen LogP contribution in [0.1, 0.15) is 38.7 Å². The Labute approximate surface area is 133 Å². The van der Waals surface area contributed by atoms with E-state index in [-0.39, 0.29) is 0 Å². The van der Waals surface area contributed by atoms with E-state index < -0.39 is 0 Å². The van der Waals surface area contributed by atoms with Gasteiger partial charge < -0.3 is 0 Å². The number of likely N-dealkylation sites (tertiary alicyclic amines) is 1. The highest BCUT2D eigenvalue weighted by Crippen LogP contribution is 2.17. The van der Waals surface area contributed by atoms with Gasteiger partial charge >= 0.3 is 0 Å². The van der Waals surface area contributed by atoms with Crippen molar-refractivity contribution in [3.8, 4) is 0 Å². The molecule has 1 saturated heterocycles. The van der Waals surface area contributed by atoms with Crippen molar-refractivity contribution in [2.75, 3.05) is 13.1 Å². The topological polar surface area (TPSA) is 15.6 Å². The molecule has 1 fully saturated rings. The number of halogens is 1. The van der Waals surface area contributed by atoms with Crippen LogP contribution in [0.15, 0.2) is 40.9 Å². The van der Waals surface area contributed by atoms with Gasteiger partial charge in [-0.3, -0.25) is 9.89 Å². The lowest BCUT2D eigenvalue weighted by Gasteiger charge is -2.20. The number of aliphatic imine (C=N–C) groups is 1. The molecule has 0 amide bonds. The second kappa shape index (κ2) is 8.35. The molecule has 0 radical (unpaired) electrons. The van der Waals surface area contributed by atoms with Crippen molar-refractivity contribution in [3.05, 3.63) is 46.5 Å². The smallest absolute Gasteiger partial charge is 0.0636 e. The summed E-state index contributed by atoms with van der Waals surface area (Å²) in [6.45, 7) is 7.41. The summed E-state index contributed by atoms with van der Waals surface area (Å²) < 4.78 is 0. The molecule has 0 bridgehead atoms. The molecule has 2 nitrogen and oxygen atoms in total. The molecule has 1 aromatic rings. The van der Waals surface area contributed by atoms with Crippen molar-refractivity contribution in [3.63, 3.8) is 0 Å². The molecule has 21 heavy (non-hydrogen) atoms. The summed E-state index contributed by atoms with van der Waals surface area (Å²) in [5, 5.41) is 0.781. The second-order valence-corrected chi connectivity index (χ2v) is 6.37. The summed E-state index contributed by atoms with van der Waals surface area (Å²) in [4.78, 5) is 7.17. The highest BCUT2D eigenvalue weighted by Gasteiger charge is 2.21. The predicted molar refractivity (Wildman–Crippen MR) is 92.3 cm³/mol. The largest absolute Gasteiger partial charge is 0.295 e. The van der Waals surface area contributed by atoms with Crippen molar-refractivity contribution >= 4 is 17.8 Å². The fourth-order valence-electron chi connectivity index (χ4n) is 2.69. The molecular formula is C18H25ClN2. The van der Waals surface area contributed by atoms with Gasteiger partial charge in [-0.05, 0) is 57.4 Å². The zero-order valence-electron chi connectivity index (χ0n) is 13.1. The van der Waals surface area contributed by atoms with E-state index in [1.807, 2.05) is 24.3 Å². The fraction of sp³-hybridized carbons (Fsp3) is 0.500. The average molecular weight is 305 g/mol. The van der Waals surface area contributed by atoms with Crippen LogP contribution in [0.2, 0.25) is 5.02 Å². The van der Waals surface area contributed by atoms with Gasteiger partial charge in [0.2, 0.25) is 0 Å².